The topological polar surface area (TPSA) is 79.1 Å². The number of carbonyl (C=O) groups excluding carboxylic acids is 1. The summed E-state index contributed by atoms with van der Waals surface area (Å²) >= 11 is 10.0. The molecule has 0 radical (unpaired) electrons. The van der Waals surface area contributed by atoms with Crippen LogP contribution in [0.4, 0.5) is 0 Å². The maximum atomic E-state index is 13.9. The zero-order chi connectivity index (χ0) is 27.4. The molecule has 2 heterocycles. The number of aromatic nitrogens is 1. The normalized spacial score (nSPS) is 15.2. The van der Waals surface area contributed by atoms with Gasteiger partial charge in [-0.1, -0.05) is 48.1 Å². The van der Waals surface area contributed by atoms with E-state index < -0.39 is 12.0 Å². The molecule has 1 atom stereocenters. The van der Waals surface area contributed by atoms with Crippen LogP contribution in [0.5, 0.6) is 11.5 Å². The van der Waals surface area contributed by atoms with E-state index in [4.69, 9.17) is 25.8 Å². The molecule has 38 heavy (non-hydrogen) atoms. The highest BCUT2D eigenvalue weighted by Gasteiger charge is 2.34. The van der Waals surface area contributed by atoms with E-state index >= 15 is 0 Å². The molecule has 0 fully saturated rings. The standard InChI is InChI=1S/C28H28ClIN2O5S/c1-5-12-37-25-20(30)13-17(14-21(25)35-6-2)15-22-26(33)32-24(18-10-8-9-11-19(18)29)23(27(34)36-7-3)16(4)31-28(32)38-22/h8-11,13-15,24H,5-7,12H2,1-4H3/b22-15+/t24-/m0/s1. The highest BCUT2D eigenvalue weighted by molar-refractivity contribution is 14.1. The first kappa shape index (κ1) is 28.4. The Labute approximate surface area is 243 Å². The molecule has 0 bridgehead atoms. The number of carbonyl (C=O) groups is 1. The Hall–Kier alpha value is -2.63. The lowest BCUT2D eigenvalue weighted by atomic mass is 9.96. The Morgan fingerprint density at radius 2 is 1.95 bits per heavy atom. The van der Waals surface area contributed by atoms with Gasteiger partial charge in [0.25, 0.3) is 5.56 Å². The zero-order valence-corrected chi connectivity index (χ0v) is 25.3. The monoisotopic (exact) mass is 666 g/mol. The third-order valence-corrected chi connectivity index (χ3v) is 7.93. The van der Waals surface area contributed by atoms with E-state index in [-0.39, 0.29) is 12.2 Å². The summed E-state index contributed by atoms with van der Waals surface area (Å²) in [6.45, 7) is 8.72. The molecule has 0 spiro atoms. The van der Waals surface area contributed by atoms with Gasteiger partial charge in [0.1, 0.15) is 6.04 Å². The largest absolute Gasteiger partial charge is 0.490 e. The van der Waals surface area contributed by atoms with Crippen LogP contribution in [-0.2, 0) is 9.53 Å². The fraction of sp³-hybridized carbons (Fsp3) is 0.321. The summed E-state index contributed by atoms with van der Waals surface area (Å²) in [6, 6.07) is 10.3. The van der Waals surface area contributed by atoms with Crippen LogP contribution in [0.1, 0.15) is 51.3 Å². The predicted octanol–water partition coefficient (Wildman–Crippen LogP) is 5.24. The van der Waals surface area contributed by atoms with Crippen LogP contribution in [0, 0.1) is 3.57 Å². The maximum Gasteiger partial charge on any atom is 0.338 e. The van der Waals surface area contributed by atoms with Gasteiger partial charge in [0.2, 0.25) is 0 Å². The summed E-state index contributed by atoms with van der Waals surface area (Å²) in [5.41, 5.74) is 1.94. The summed E-state index contributed by atoms with van der Waals surface area (Å²) < 4.78 is 20.0. The summed E-state index contributed by atoms with van der Waals surface area (Å²) in [4.78, 5) is 32.0. The number of allylic oxidation sites excluding steroid dienone is 1. The molecule has 0 aliphatic carbocycles. The molecular weight excluding hydrogens is 639 g/mol. The lowest BCUT2D eigenvalue weighted by Crippen LogP contribution is -2.40. The lowest BCUT2D eigenvalue weighted by molar-refractivity contribution is -0.139. The van der Waals surface area contributed by atoms with E-state index in [1.807, 2.05) is 50.3 Å². The smallest absolute Gasteiger partial charge is 0.338 e. The lowest BCUT2D eigenvalue weighted by Gasteiger charge is -2.25. The fourth-order valence-electron chi connectivity index (χ4n) is 4.21. The van der Waals surface area contributed by atoms with Gasteiger partial charge in [0, 0.05) is 5.02 Å². The van der Waals surface area contributed by atoms with Crippen molar-refractivity contribution in [1.29, 1.82) is 0 Å². The summed E-state index contributed by atoms with van der Waals surface area (Å²) in [7, 11) is 0. The quantitative estimate of drug-likeness (QED) is 0.231. The van der Waals surface area contributed by atoms with E-state index in [0.29, 0.717) is 55.9 Å². The van der Waals surface area contributed by atoms with Crippen molar-refractivity contribution in [2.75, 3.05) is 19.8 Å². The molecule has 0 saturated heterocycles. The van der Waals surface area contributed by atoms with Gasteiger partial charge in [-0.25, -0.2) is 9.79 Å². The van der Waals surface area contributed by atoms with Crippen molar-refractivity contribution in [3.8, 4) is 11.5 Å². The van der Waals surface area contributed by atoms with Gasteiger partial charge in [0.15, 0.2) is 16.3 Å². The first-order chi connectivity index (χ1) is 18.3. The molecule has 200 valence electrons. The Balaban J connectivity index is 1.91. The van der Waals surface area contributed by atoms with E-state index in [9.17, 15) is 9.59 Å². The number of benzene rings is 2. The van der Waals surface area contributed by atoms with Gasteiger partial charge in [-0.15, -0.1) is 0 Å². The highest BCUT2D eigenvalue weighted by atomic mass is 127. The molecule has 10 heteroatoms. The average molecular weight is 667 g/mol. The fourth-order valence-corrected chi connectivity index (χ4v) is 6.28. The van der Waals surface area contributed by atoms with Crippen LogP contribution in [-0.4, -0.2) is 30.4 Å². The number of rotatable bonds is 9. The number of halogens is 2. The highest BCUT2D eigenvalue weighted by Crippen LogP contribution is 2.36. The predicted molar refractivity (Wildman–Crippen MR) is 158 cm³/mol. The van der Waals surface area contributed by atoms with E-state index in [2.05, 4.69) is 27.6 Å². The van der Waals surface area contributed by atoms with Crippen molar-refractivity contribution in [2.45, 2.75) is 40.2 Å². The van der Waals surface area contributed by atoms with Crippen LogP contribution in [0.3, 0.4) is 0 Å². The molecular formula is C28H28ClIN2O5S. The first-order valence-electron chi connectivity index (χ1n) is 12.3. The average Bonchev–Trinajstić information content (AvgIpc) is 3.17. The van der Waals surface area contributed by atoms with Gasteiger partial charge in [-0.2, -0.15) is 0 Å². The molecule has 0 saturated carbocycles. The minimum absolute atomic E-state index is 0.202. The van der Waals surface area contributed by atoms with Gasteiger partial charge in [-0.3, -0.25) is 9.36 Å². The minimum atomic E-state index is -0.759. The van der Waals surface area contributed by atoms with Gasteiger partial charge in [-0.05, 0) is 85.2 Å². The second-order valence-electron chi connectivity index (χ2n) is 8.44. The molecule has 1 aliphatic heterocycles. The van der Waals surface area contributed by atoms with Crippen LogP contribution < -0.4 is 24.4 Å². The Morgan fingerprint density at radius 1 is 1.18 bits per heavy atom. The van der Waals surface area contributed by atoms with Crippen LogP contribution in [0.15, 0.2) is 57.5 Å². The third kappa shape index (κ3) is 5.69. The molecule has 3 aromatic rings. The third-order valence-electron chi connectivity index (χ3n) is 5.80. The van der Waals surface area contributed by atoms with Gasteiger partial charge >= 0.3 is 5.97 Å². The number of thiazole rings is 1. The number of hydrogen-bond donors (Lipinski definition) is 0. The number of ether oxygens (including phenoxy) is 3. The van der Waals surface area contributed by atoms with Crippen molar-refractivity contribution in [3.05, 3.63) is 87.1 Å². The second kappa shape index (κ2) is 12.5. The summed E-state index contributed by atoms with van der Waals surface area (Å²) in [6.07, 6.45) is 2.69. The Kier molecular flexibility index (Phi) is 9.32. The van der Waals surface area contributed by atoms with Gasteiger partial charge < -0.3 is 14.2 Å². The molecule has 4 rings (SSSR count). The van der Waals surface area contributed by atoms with E-state index in [1.54, 1.807) is 19.9 Å². The zero-order valence-electron chi connectivity index (χ0n) is 21.5. The van der Waals surface area contributed by atoms with Crippen molar-refractivity contribution < 1.29 is 19.0 Å². The van der Waals surface area contributed by atoms with Crippen LogP contribution >= 0.6 is 45.5 Å². The minimum Gasteiger partial charge on any atom is -0.490 e. The second-order valence-corrected chi connectivity index (χ2v) is 11.0. The van der Waals surface area contributed by atoms with Crippen molar-refractivity contribution in [3.63, 3.8) is 0 Å². The summed E-state index contributed by atoms with van der Waals surface area (Å²) in [5.74, 6) is 0.800. The van der Waals surface area contributed by atoms with E-state index in [0.717, 1.165) is 15.6 Å². The molecule has 7 nitrogen and oxygen atoms in total. The molecule has 1 aromatic heterocycles. The SMILES string of the molecule is CCCOc1c(I)cc(/C=c2/sc3n(c2=O)[C@@H](c2ccccc2Cl)C(C(=O)OCC)=C(C)N=3)cc1OCC. The van der Waals surface area contributed by atoms with Crippen LogP contribution in [0.25, 0.3) is 6.08 Å². The van der Waals surface area contributed by atoms with Gasteiger partial charge in [0.05, 0.1) is 39.2 Å². The first-order valence-corrected chi connectivity index (χ1v) is 14.6. The van der Waals surface area contributed by atoms with Crippen molar-refractivity contribution in [2.24, 2.45) is 4.99 Å². The molecule has 0 amide bonds. The summed E-state index contributed by atoms with van der Waals surface area (Å²) in [5, 5.41) is 0.446. The number of hydrogen-bond acceptors (Lipinski definition) is 7. The molecule has 0 unspecified atom stereocenters. The van der Waals surface area contributed by atoms with Crippen molar-refractivity contribution in [1.82, 2.24) is 4.57 Å². The number of esters is 1. The molecule has 2 aromatic carbocycles. The number of nitrogens with zero attached hydrogens (tertiary/aromatic N) is 2. The maximum absolute atomic E-state index is 13.9. The number of fused-ring (bicyclic) bond motifs is 1. The van der Waals surface area contributed by atoms with Crippen LogP contribution in [0.2, 0.25) is 5.02 Å². The van der Waals surface area contributed by atoms with E-state index in [1.165, 1.54) is 15.9 Å². The molecule has 0 N–H and O–H groups in total. The Bertz CT molecular complexity index is 1580. The Morgan fingerprint density at radius 3 is 2.63 bits per heavy atom. The molecule has 1 aliphatic rings. The van der Waals surface area contributed by atoms with Crippen molar-refractivity contribution >= 4 is 57.6 Å².